The molecule has 1 aliphatic carbocycles. The van der Waals surface area contributed by atoms with Gasteiger partial charge in [-0.05, 0) is 38.8 Å². The fourth-order valence-electron chi connectivity index (χ4n) is 2.80. The van der Waals surface area contributed by atoms with E-state index in [-0.39, 0.29) is 6.10 Å². The van der Waals surface area contributed by atoms with Gasteiger partial charge in [0.2, 0.25) is 0 Å². The summed E-state index contributed by atoms with van der Waals surface area (Å²) in [5, 5.41) is 13.8. The van der Waals surface area contributed by atoms with Crippen LogP contribution in [0.2, 0.25) is 0 Å². The number of hydrogen-bond donors (Lipinski definition) is 2. The summed E-state index contributed by atoms with van der Waals surface area (Å²) in [4.78, 5) is 16.3. The molecular weight excluding hydrogens is 280 g/mol. The molecule has 0 aromatic carbocycles. The Kier molecular flexibility index (Phi) is 5.77. The zero-order valence-corrected chi connectivity index (χ0v) is 13.5. The molecule has 0 bridgehead atoms. The summed E-state index contributed by atoms with van der Waals surface area (Å²) >= 11 is 0. The number of aromatic nitrogens is 1. The van der Waals surface area contributed by atoms with Crippen molar-refractivity contribution in [3.63, 3.8) is 0 Å². The fourth-order valence-corrected chi connectivity index (χ4v) is 2.80. The summed E-state index contributed by atoms with van der Waals surface area (Å²) in [6.45, 7) is 4.04. The Balaban J connectivity index is 2.04. The molecule has 0 unspecified atom stereocenters. The van der Waals surface area contributed by atoms with Gasteiger partial charge < -0.3 is 15.2 Å². The SMILES string of the molecule is CC(C)OC(=O)c1cccnc1NCC1(O)CCCCCC1. The second kappa shape index (κ2) is 7.58. The number of rotatable bonds is 5. The highest BCUT2D eigenvalue weighted by Gasteiger charge is 2.28. The van der Waals surface area contributed by atoms with Crippen LogP contribution in [0.3, 0.4) is 0 Å². The molecule has 2 N–H and O–H groups in total. The highest BCUT2D eigenvalue weighted by molar-refractivity contribution is 5.94. The number of carbonyl (C=O) groups is 1. The van der Waals surface area contributed by atoms with Crippen molar-refractivity contribution in [2.45, 2.75) is 64.1 Å². The average molecular weight is 306 g/mol. The van der Waals surface area contributed by atoms with Gasteiger partial charge in [0.1, 0.15) is 11.4 Å². The van der Waals surface area contributed by atoms with E-state index in [1.165, 1.54) is 12.8 Å². The normalized spacial score (nSPS) is 17.8. The van der Waals surface area contributed by atoms with Crippen molar-refractivity contribution in [1.82, 2.24) is 4.98 Å². The quantitative estimate of drug-likeness (QED) is 0.646. The molecule has 22 heavy (non-hydrogen) atoms. The van der Waals surface area contributed by atoms with Gasteiger partial charge in [-0.25, -0.2) is 9.78 Å². The fraction of sp³-hybridized carbons (Fsp3) is 0.647. The van der Waals surface area contributed by atoms with Crippen LogP contribution >= 0.6 is 0 Å². The summed E-state index contributed by atoms with van der Waals surface area (Å²) in [5.74, 6) is 0.0873. The lowest BCUT2D eigenvalue weighted by Gasteiger charge is -2.27. The number of ether oxygens (including phenoxy) is 1. The molecular formula is C17H26N2O3. The second-order valence-corrected chi connectivity index (χ2v) is 6.35. The van der Waals surface area contributed by atoms with Crippen LogP contribution in [0.1, 0.15) is 62.7 Å². The molecule has 1 saturated carbocycles. The van der Waals surface area contributed by atoms with E-state index in [9.17, 15) is 9.90 Å². The number of pyridine rings is 1. The molecule has 122 valence electrons. The van der Waals surface area contributed by atoms with Gasteiger partial charge in [-0.15, -0.1) is 0 Å². The third-order valence-electron chi connectivity index (χ3n) is 3.99. The molecule has 0 saturated heterocycles. The average Bonchev–Trinajstić information content (AvgIpc) is 2.70. The number of anilines is 1. The zero-order chi connectivity index (χ0) is 16.0. The van der Waals surface area contributed by atoms with Crippen LogP contribution in [-0.4, -0.2) is 34.3 Å². The number of hydrogen-bond acceptors (Lipinski definition) is 5. The van der Waals surface area contributed by atoms with Crippen LogP contribution in [0.5, 0.6) is 0 Å². The number of aliphatic hydroxyl groups is 1. The number of nitrogens with one attached hydrogen (secondary N) is 1. The first kappa shape index (κ1) is 16.7. The van der Waals surface area contributed by atoms with Crippen LogP contribution in [0.4, 0.5) is 5.82 Å². The molecule has 1 heterocycles. The van der Waals surface area contributed by atoms with Gasteiger partial charge in [-0.1, -0.05) is 25.7 Å². The first-order valence-electron chi connectivity index (χ1n) is 8.12. The Bertz CT molecular complexity index is 494. The van der Waals surface area contributed by atoms with E-state index in [1.807, 2.05) is 13.8 Å². The van der Waals surface area contributed by atoms with Crippen molar-refractivity contribution in [2.24, 2.45) is 0 Å². The van der Waals surface area contributed by atoms with Crippen molar-refractivity contribution in [3.05, 3.63) is 23.9 Å². The molecule has 2 rings (SSSR count). The van der Waals surface area contributed by atoms with Gasteiger partial charge in [-0.2, -0.15) is 0 Å². The Morgan fingerprint density at radius 3 is 2.68 bits per heavy atom. The smallest absolute Gasteiger partial charge is 0.342 e. The van der Waals surface area contributed by atoms with Crippen molar-refractivity contribution >= 4 is 11.8 Å². The molecule has 0 atom stereocenters. The Morgan fingerprint density at radius 2 is 2.05 bits per heavy atom. The largest absolute Gasteiger partial charge is 0.459 e. The maximum Gasteiger partial charge on any atom is 0.342 e. The van der Waals surface area contributed by atoms with E-state index in [0.29, 0.717) is 17.9 Å². The van der Waals surface area contributed by atoms with Gasteiger partial charge in [0.15, 0.2) is 0 Å². The molecule has 0 radical (unpaired) electrons. The van der Waals surface area contributed by atoms with Crippen molar-refractivity contribution in [3.8, 4) is 0 Å². The lowest BCUT2D eigenvalue weighted by molar-refractivity contribution is 0.0359. The molecule has 0 spiro atoms. The summed E-state index contributed by atoms with van der Waals surface area (Å²) < 4.78 is 5.23. The van der Waals surface area contributed by atoms with E-state index in [4.69, 9.17) is 4.74 Å². The monoisotopic (exact) mass is 306 g/mol. The predicted molar refractivity (Wildman–Crippen MR) is 85.9 cm³/mol. The van der Waals surface area contributed by atoms with E-state index in [2.05, 4.69) is 10.3 Å². The molecule has 5 heteroatoms. The molecule has 1 fully saturated rings. The lowest BCUT2D eigenvalue weighted by Crippen LogP contribution is -2.36. The van der Waals surface area contributed by atoms with Crippen LogP contribution in [0, 0.1) is 0 Å². The Hall–Kier alpha value is -1.62. The third-order valence-corrected chi connectivity index (χ3v) is 3.99. The molecule has 1 aliphatic rings. The van der Waals surface area contributed by atoms with Gasteiger partial charge in [0.25, 0.3) is 0 Å². The summed E-state index contributed by atoms with van der Waals surface area (Å²) in [6, 6.07) is 3.40. The minimum Gasteiger partial charge on any atom is -0.459 e. The topological polar surface area (TPSA) is 71.5 Å². The summed E-state index contributed by atoms with van der Waals surface area (Å²) in [5.41, 5.74) is -0.304. The first-order valence-corrected chi connectivity index (χ1v) is 8.12. The predicted octanol–water partition coefficient (Wildman–Crippen LogP) is 3.14. The van der Waals surface area contributed by atoms with Gasteiger partial charge in [0.05, 0.1) is 11.7 Å². The second-order valence-electron chi connectivity index (χ2n) is 6.35. The van der Waals surface area contributed by atoms with Crippen LogP contribution in [0.15, 0.2) is 18.3 Å². The minimum atomic E-state index is -0.715. The zero-order valence-electron chi connectivity index (χ0n) is 13.5. The van der Waals surface area contributed by atoms with Crippen LogP contribution in [-0.2, 0) is 4.74 Å². The lowest BCUT2D eigenvalue weighted by atomic mass is 9.94. The number of nitrogens with zero attached hydrogens (tertiary/aromatic N) is 1. The molecule has 1 aromatic rings. The van der Waals surface area contributed by atoms with Gasteiger partial charge >= 0.3 is 5.97 Å². The van der Waals surface area contributed by atoms with E-state index in [1.54, 1.807) is 18.3 Å². The first-order chi connectivity index (χ1) is 10.5. The maximum absolute atomic E-state index is 12.1. The highest BCUT2D eigenvalue weighted by Crippen LogP contribution is 2.27. The Labute approximate surface area is 132 Å². The van der Waals surface area contributed by atoms with Crippen molar-refractivity contribution in [2.75, 3.05) is 11.9 Å². The molecule has 0 amide bonds. The highest BCUT2D eigenvalue weighted by atomic mass is 16.5. The summed E-state index contributed by atoms with van der Waals surface area (Å²) in [6.07, 6.45) is 7.48. The number of esters is 1. The van der Waals surface area contributed by atoms with Crippen molar-refractivity contribution < 1.29 is 14.6 Å². The standard InChI is InChI=1S/C17H26N2O3/c1-13(2)22-16(20)14-8-7-11-18-15(14)19-12-17(21)9-5-3-4-6-10-17/h7-8,11,13,21H,3-6,9-10,12H2,1-2H3,(H,18,19). The third kappa shape index (κ3) is 4.70. The van der Waals surface area contributed by atoms with E-state index < -0.39 is 11.6 Å². The van der Waals surface area contributed by atoms with E-state index >= 15 is 0 Å². The van der Waals surface area contributed by atoms with Crippen molar-refractivity contribution in [1.29, 1.82) is 0 Å². The van der Waals surface area contributed by atoms with Gasteiger partial charge in [-0.3, -0.25) is 0 Å². The Morgan fingerprint density at radius 1 is 1.36 bits per heavy atom. The molecule has 5 nitrogen and oxygen atoms in total. The molecule has 1 aromatic heterocycles. The van der Waals surface area contributed by atoms with E-state index in [0.717, 1.165) is 25.7 Å². The van der Waals surface area contributed by atoms with Crippen LogP contribution < -0.4 is 5.32 Å². The minimum absolute atomic E-state index is 0.174. The molecule has 0 aliphatic heterocycles. The maximum atomic E-state index is 12.1. The van der Waals surface area contributed by atoms with Gasteiger partial charge in [0, 0.05) is 12.7 Å². The summed E-state index contributed by atoms with van der Waals surface area (Å²) in [7, 11) is 0. The van der Waals surface area contributed by atoms with Crippen LogP contribution in [0.25, 0.3) is 0 Å². The number of carbonyl (C=O) groups excluding carboxylic acids is 1.